The number of aromatic nitrogens is 4. The molecule has 5 nitrogen and oxygen atoms in total. The number of fused-ring (bicyclic) bond motifs is 1. The minimum atomic E-state index is -0.166. The highest BCUT2D eigenvalue weighted by atomic mass is 32.2. The molecule has 0 bridgehead atoms. The Balaban J connectivity index is 1.70. The number of hydrogen-bond acceptors (Lipinski definition) is 4. The molecule has 0 aliphatic carbocycles. The van der Waals surface area contributed by atoms with Gasteiger partial charge >= 0.3 is 0 Å². The zero-order valence-corrected chi connectivity index (χ0v) is 15.4. The highest BCUT2D eigenvalue weighted by molar-refractivity contribution is 7.98. The van der Waals surface area contributed by atoms with E-state index in [1.54, 1.807) is 10.9 Å². The summed E-state index contributed by atoms with van der Waals surface area (Å²) in [4.78, 5) is 19.9. The summed E-state index contributed by atoms with van der Waals surface area (Å²) in [7, 11) is 0. The summed E-state index contributed by atoms with van der Waals surface area (Å²) in [6, 6.07) is 16.1. The Bertz CT molecular complexity index is 1130. The number of para-hydroxylation sites is 1. The van der Waals surface area contributed by atoms with Gasteiger partial charge in [0.1, 0.15) is 5.39 Å². The van der Waals surface area contributed by atoms with E-state index in [9.17, 15) is 4.79 Å². The quantitative estimate of drug-likeness (QED) is 0.440. The van der Waals surface area contributed by atoms with Gasteiger partial charge in [0.05, 0.1) is 11.9 Å². The maximum Gasteiger partial charge on any atom is 0.262 e. The molecule has 4 aromatic rings. The van der Waals surface area contributed by atoms with E-state index in [2.05, 4.69) is 47.1 Å². The van der Waals surface area contributed by atoms with Crippen molar-refractivity contribution in [3.05, 3.63) is 81.8 Å². The van der Waals surface area contributed by atoms with Crippen molar-refractivity contribution in [3.8, 4) is 5.69 Å². The van der Waals surface area contributed by atoms with E-state index < -0.39 is 0 Å². The van der Waals surface area contributed by atoms with Gasteiger partial charge in [0.2, 0.25) is 0 Å². The lowest BCUT2D eigenvalue weighted by atomic mass is 10.1. The van der Waals surface area contributed by atoms with Crippen molar-refractivity contribution >= 4 is 22.8 Å². The normalized spacial score (nSPS) is 11.2. The van der Waals surface area contributed by atoms with Crippen LogP contribution < -0.4 is 5.56 Å². The van der Waals surface area contributed by atoms with Gasteiger partial charge in [-0.2, -0.15) is 5.10 Å². The van der Waals surface area contributed by atoms with E-state index in [4.69, 9.17) is 0 Å². The molecule has 0 fully saturated rings. The molecule has 0 aliphatic heterocycles. The molecule has 26 heavy (non-hydrogen) atoms. The lowest BCUT2D eigenvalue weighted by Gasteiger charge is -2.07. The van der Waals surface area contributed by atoms with Gasteiger partial charge in [-0.3, -0.25) is 4.79 Å². The first-order valence-electron chi connectivity index (χ1n) is 8.34. The van der Waals surface area contributed by atoms with Gasteiger partial charge in [0, 0.05) is 5.75 Å². The van der Waals surface area contributed by atoms with E-state index in [1.807, 2.05) is 30.3 Å². The van der Waals surface area contributed by atoms with Gasteiger partial charge in [0.15, 0.2) is 10.8 Å². The lowest BCUT2D eigenvalue weighted by molar-refractivity contribution is 0.873. The Morgan fingerprint density at radius 3 is 2.73 bits per heavy atom. The molecular formula is C20H18N4OS. The third kappa shape index (κ3) is 3.15. The van der Waals surface area contributed by atoms with E-state index in [1.165, 1.54) is 28.5 Å². The van der Waals surface area contributed by atoms with Gasteiger partial charge in [-0.25, -0.2) is 9.67 Å². The summed E-state index contributed by atoms with van der Waals surface area (Å²) in [5.41, 5.74) is 5.00. The number of thioether (sulfide) groups is 1. The van der Waals surface area contributed by atoms with Crippen LogP contribution in [0.25, 0.3) is 16.7 Å². The van der Waals surface area contributed by atoms with E-state index in [-0.39, 0.29) is 5.56 Å². The van der Waals surface area contributed by atoms with Crippen LogP contribution in [0.4, 0.5) is 0 Å². The molecule has 0 saturated carbocycles. The summed E-state index contributed by atoms with van der Waals surface area (Å²) in [6.07, 6.45) is 1.56. The Labute approximate surface area is 155 Å². The van der Waals surface area contributed by atoms with Gasteiger partial charge in [-0.05, 0) is 37.1 Å². The Morgan fingerprint density at radius 1 is 1.12 bits per heavy atom. The van der Waals surface area contributed by atoms with Crippen LogP contribution in [-0.2, 0) is 5.75 Å². The van der Waals surface area contributed by atoms with Gasteiger partial charge in [0.25, 0.3) is 5.56 Å². The van der Waals surface area contributed by atoms with Crippen LogP contribution in [0.5, 0.6) is 0 Å². The molecule has 1 N–H and O–H groups in total. The number of benzene rings is 2. The second-order valence-electron chi connectivity index (χ2n) is 6.22. The minimum absolute atomic E-state index is 0.166. The van der Waals surface area contributed by atoms with Crippen molar-refractivity contribution in [2.45, 2.75) is 24.8 Å². The molecule has 130 valence electrons. The fraction of sp³-hybridized carbons (Fsp3) is 0.150. The molecule has 0 amide bonds. The molecule has 0 unspecified atom stereocenters. The standard InChI is InChI=1S/C20H18N4OS/c1-13-8-9-14(2)15(10-13)12-26-20-22-18-17(19(25)23-20)11-21-24(18)16-6-4-3-5-7-16/h3-11H,12H2,1-2H3,(H,22,23,25). The molecule has 0 spiro atoms. The smallest absolute Gasteiger partial charge is 0.262 e. The molecule has 6 heteroatoms. The van der Waals surface area contributed by atoms with Gasteiger partial charge < -0.3 is 4.98 Å². The molecule has 0 aliphatic rings. The molecule has 0 radical (unpaired) electrons. The maximum absolute atomic E-state index is 12.4. The lowest BCUT2D eigenvalue weighted by Crippen LogP contribution is -2.09. The fourth-order valence-corrected chi connectivity index (χ4v) is 3.75. The number of aryl methyl sites for hydroxylation is 2. The Kier molecular flexibility index (Phi) is 4.34. The van der Waals surface area contributed by atoms with Crippen molar-refractivity contribution in [1.82, 2.24) is 19.7 Å². The van der Waals surface area contributed by atoms with Crippen LogP contribution >= 0.6 is 11.8 Å². The summed E-state index contributed by atoms with van der Waals surface area (Å²) >= 11 is 1.52. The largest absolute Gasteiger partial charge is 0.301 e. The van der Waals surface area contributed by atoms with E-state index >= 15 is 0 Å². The number of rotatable bonds is 4. The Morgan fingerprint density at radius 2 is 1.92 bits per heavy atom. The summed E-state index contributed by atoms with van der Waals surface area (Å²) in [6.45, 7) is 4.18. The van der Waals surface area contributed by atoms with Gasteiger partial charge in [-0.15, -0.1) is 0 Å². The number of nitrogens with one attached hydrogen (secondary N) is 1. The Hall–Kier alpha value is -2.86. The third-order valence-corrected chi connectivity index (χ3v) is 5.21. The average Bonchev–Trinajstić information content (AvgIpc) is 3.08. The van der Waals surface area contributed by atoms with Crippen LogP contribution in [-0.4, -0.2) is 19.7 Å². The highest BCUT2D eigenvalue weighted by Gasteiger charge is 2.12. The predicted octanol–water partition coefficient (Wildman–Crippen LogP) is 4.02. The van der Waals surface area contributed by atoms with Crippen molar-refractivity contribution in [1.29, 1.82) is 0 Å². The third-order valence-electron chi connectivity index (χ3n) is 4.29. The van der Waals surface area contributed by atoms with Crippen LogP contribution in [0.1, 0.15) is 16.7 Å². The van der Waals surface area contributed by atoms with Crippen LogP contribution in [0, 0.1) is 13.8 Å². The molecule has 0 saturated heterocycles. The molecule has 4 rings (SSSR count). The number of aromatic amines is 1. The average molecular weight is 362 g/mol. The van der Waals surface area contributed by atoms with E-state index in [0.717, 1.165) is 11.4 Å². The van der Waals surface area contributed by atoms with Crippen molar-refractivity contribution < 1.29 is 0 Å². The number of H-pyrrole nitrogens is 1. The van der Waals surface area contributed by atoms with Crippen molar-refractivity contribution in [2.75, 3.05) is 0 Å². The van der Waals surface area contributed by atoms with Crippen molar-refractivity contribution in [3.63, 3.8) is 0 Å². The van der Waals surface area contributed by atoms with E-state index in [0.29, 0.717) is 16.2 Å². The molecular weight excluding hydrogens is 344 g/mol. The molecule has 2 heterocycles. The fourth-order valence-electron chi connectivity index (χ4n) is 2.83. The van der Waals surface area contributed by atoms with Crippen LogP contribution in [0.3, 0.4) is 0 Å². The van der Waals surface area contributed by atoms with Crippen molar-refractivity contribution in [2.24, 2.45) is 0 Å². The first-order chi connectivity index (χ1) is 12.6. The topological polar surface area (TPSA) is 63.6 Å². The summed E-state index contributed by atoms with van der Waals surface area (Å²) in [5, 5.41) is 5.43. The summed E-state index contributed by atoms with van der Waals surface area (Å²) < 4.78 is 1.70. The summed E-state index contributed by atoms with van der Waals surface area (Å²) in [5.74, 6) is 0.751. The first-order valence-corrected chi connectivity index (χ1v) is 9.33. The monoisotopic (exact) mass is 362 g/mol. The molecule has 0 atom stereocenters. The SMILES string of the molecule is Cc1ccc(C)c(CSc2nc3c(cnn3-c3ccccc3)c(=O)[nH]2)c1. The zero-order valence-electron chi connectivity index (χ0n) is 14.6. The predicted molar refractivity (Wildman–Crippen MR) is 105 cm³/mol. The number of hydrogen-bond donors (Lipinski definition) is 1. The first kappa shape index (κ1) is 16.6. The molecule has 2 aromatic heterocycles. The zero-order chi connectivity index (χ0) is 18.1. The minimum Gasteiger partial charge on any atom is -0.301 e. The second kappa shape index (κ2) is 6.80. The number of nitrogens with zero attached hydrogens (tertiary/aromatic N) is 3. The van der Waals surface area contributed by atoms with Gasteiger partial charge in [-0.1, -0.05) is 53.7 Å². The highest BCUT2D eigenvalue weighted by Crippen LogP contribution is 2.23. The molecule has 2 aromatic carbocycles. The van der Waals surface area contributed by atoms with Crippen LogP contribution in [0.15, 0.2) is 64.7 Å². The second-order valence-corrected chi connectivity index (χ2v) is 7.18. The maximum atomic E-state index is 12.4. The van der Waals surface area contributed by atoms with Crippen LogP contribution in [0.2, 0.25) is 0 Å².